The minimum absolute atomic E-state index is 0.725. The smallest absolute Gasteiger partial charge is 0.0730 e. The van der Waals surface area contributed by atoms with Crippen LogP contribution in [0.3, 0.4) is 0 Å². The fourth-order valence-corrected chi connectivity index (χ4v) is 3.35. The zero-order valence-electron chi connectivity index (χ0n) is 24.5. The summed E-state index contributed by atoms with van der Waals surface area (Å²) in [5.41, 5.74) is 21.1. The molecule has 0 radical (unpaired) electrons. The van der Waals surface area contributed by atoms with Crippen LogP contribution in [-0.2, 0) is 0 Å². The third-order valence-electron chi connectivity index (χ3n) is 5.10. The van der Waals surface area contributed by atoms with Crippen LogP contribution in [0, 0.1) is 13.8 Å². The summed E-state index contributed by atoms with van der Waals surface area (Å²) in [5, 5.41) is 2.18. The molecular weight excluding hydrogens is 462 g/mol. The van der Waals surface area contributed by atoms with Gasteiger partial charge < -0.3 is 11.5 Å². The SMILES string of the molecule is C=C(C)C.CC.CC.Cc1ccc(-c2ccc(C)cc2)cc1.Nc1ccc2cc3ccc(N)cc3nc2c1. The van der Waals surface area contributed by atoms with E-state index in [4.69, 9.17) is 11.5 Å². The van der Waals surface area contributed by atoms with E-state index in [1.807, 2.05) is 77.9 Å². The van der Waals surface area contributed by atoms with E-state index in [9.17, 15) is 0 Å². The zero-order valence-corrected chi connectivity index (χ0v) is 24.5. The molecule has 4 N–H and O–H groups in total. The average Bonchev–Trinajstić information content (AvgIpc) is 2.91. The topological polar surface area (TPSA) is 64.9 Å². The Labute approximate surface area is 230 Å². The van der Waals surface area contributed by atoms with Crippen molar-refractivity contribution < 1.29 is 0 Å². The van der Waals surface area contributed by atoms with Crippen molar-refractivity contribution in [2.45, 2.75) is 55.4 Å². The molecule has 4 aromatic carbocycles. The zero-order chi connectivity index (χ0) is 28.7. The van der Waals surface area contributed by atoms with Gasteiger partial charge in [-0.3, -0.25) is 0 Å². The largest absolute Gasteiger partial charge is 0.399 e. The highest BCUT2D eigenvalue weighted by atomic mass is 14.7. The van der Waals surface area contributed by atoms with Gasteiger partial charge in [0.1, 0.15) is 0 Å². The number of nitrogens with two attached hydrogens (primary N) is 2. The minimum Gasteiger partial charge on any atom is -0.399 e. The maximum atomic E-state index is 5.73. The number of nitrogen functional groups attached to an aromatic ring is 2. The average molecular weight is 508 g/mol. The number of benzene rings is 4. The van der Waals surface area contributed by atoms with E-state index in [2.05, 4.69) is 80.0 Å². The van der Waals surface area contributed by atoms with E-state index < -0.39 is 0 Å². The van der Waals surface area contributed by atoms with Gasteiger partial charge in [0, 0.05) is 22.1 Å². The van der Waals surface area contributed by atoms with Crippen molar-refractivity contribution >= 4 is 33.2 Å². The van der Waals surface area contributed by atoms with E-state index in [0.717, 1.165) is 33.2 Å². The maximum absolute atomic E-state index is 5.73. The van der Waals surface area contributed by atoms with Gasteiger partial charge in [-0.15, -0.1) is 6.58 Å². The van der Waals surface area contributed by atoms with Gasteiger partial charge in [0.15, 0.2) is 0 Å². The summed E-state index contributed by atoms with van der Waals surface area (Å²) < 4.78 is 0. The summed E-state index contributed by atoms with van der Waals surface area (Å²) in [5.74, 6) is 0. The molecule has 0 bridgehead atoms. The minimum atomic E-state index is 0.725. The molecular formula is C35H45N3. The van der Waals surface area contributed by atoms with Gasteiger partial charge in [0.05, 0.1) is 11.0 Å². The van der Waals surface area contributed by atoms with Crippen LogP contribution >= 0.6 is 0 Å². The number of pyridine rings is 1. The van der Waals surface area contributed by atoms with Crippen molar-refractivity contribution in [3.8, 4) is 11.1 Å². The van der Waals surface area contributed by atoms with Crippen LogP contribution in [0.25, 0.3) is 32.9 Å². The number of aryl methyl sites for hydroxylation is 2. The van der Waals surface area contributed by atoms with E-state index in [1.165, 1.54) is 27.8 Å². The van der Waals surface area contributed by atoms with E-state index in [1.54, 1.807) is 0 Å². The van der Waals surface area contributed by atoms with Gasteiger partial charge in [0.2, 0.25) is 0 Å². The number of fused-ring (bicyclic) bond motifs is 2. The number of aromatic nitrogens is 1. The van der Waals surface area contributed by atoms with Crippen molar-refractivity contribution in [1.29, 1.82) is 0 Å². The van der Waals surface area contributed by atoms with Crippen LogP contribution in [0.2, 0.25) is 0 Å². The lowest BCUT2D eigenvalue weighted by atomic mass is 10.0. The van der Waals surface area contributed by atoms with Crippen LogP contribution in [0.15, 0.2) is 103 Å². The van der Waals surface area contributed by atoms with Gasteiger partial charge >= 0.3 is 0 Å². The Morgan fingerprint density at radius 1 is 0.553 bits per heavy atom. The molecule has 1 heterocycles. The predicted molar refractivity (Wildman–Crippen MR) is 173 cm³/mol. The van der Waals surface area contributed by atoms with Gasteiger partial charge in [0.25, 0.3) is 0 Å². The third kappa shape index (κ3) is 10.5. The fourth-order valence-electron chi connectivity index (χ4n) is 3.35. The van der Waals surface area contributed by atoms with Crippen molar-refractivity contribution in [1.82, 2.24) is 4.98 Å². The van der Waals surface area contributed by atoms with Crippen molar-refractivity contribution in [2.75, 3.05) is 11.5 Å². The van der Waals surface area contributed by atoms with Crippen molar-refractivity contribution in [3.05, 3.63) is 114 Å². The molecule has 0 saturated carbocycles. The summed E-state index contributed by atoms with van der Waals surface area (Å²) >= 11 is 0. The molecule has 0 aliphatic carbocycles. The van der Waals surface area contributed by atoms with Crippen LogP contribution in [0.1, 0.15) is 52.7 Å². The first-order valence-corrected chi connectivity index (χ1v) is 13.3. The Morgan fingerprint density at radius 2 is 0.868 bits per heavy atom. The molecule has 0 saturated heterocycles. The van der Waals surface area contributed by atoms with Crippen LogP contribution in [0.5, 0.6) is 0 Å². The lowest BCUT2D eigenvalue weighted by Gasteiger charge is -2.03. The lowest BCUT2D eigenvalue weighted by Crippen LogP contribution is -1.89. The second kappa shape index (κ2) is 16.6. The second-order valence-corrected chi connectivity index (χ2v) is 8.83. The number of nitrogens with zero attached hydrogens (tertiary/aromatic N) is 1. The van der Waals surface area contributed by atoms with E-state index >= 15 is 0 Å². The molecule has 0 aliphatic rings. The molecule has 38 heavy (non-hydrogen) atoms. The first-order valence-electron chi connectivity index (χ1n) is 13.3. The second-order valence-electron chi connectivity index (χ2n) is 8.83. The summed E-state index contributed by atoms with van der Waals surface area (Å²) in [6, 6.07) is 30.8. The number of allylic oxidation sites excluding steroid dienone is 1. The number of rotatable bonds is 1. The third-order valence-corrected chi connectivity index (χ3v) is 5.10. The first kappa shape index (κ1) is 31.9. The number of hydrogen-bond donors (Lipinski definition) is 2. The highest BCUT2D eigenvalue weighted by molar-refractivity contribution is 5.94. The molecule has 5 aromatic rings. The fraction of sp³-hybridized carbons (Fsp3) is 0.229. The van der Waals surface area contributed by atoms with Gasteiger partial charge in [-0.05, 0) is 69.2 Å². The molecule has 0 aliphatic heterocycles. The number of anilines is 2. The quantitative estimate of drug-likeness (QED) is 0.135. The standard InChI is InChI=1S/C14H14.C13H11N3.C4H8.2C2H6/c1-11-3-7-13(8-4-11)14-9-5-12(2)6-10-14;14-10-3-1-8-5-9-2-4-11(15)7-13(9)16-12(8)6-10;1-4(2)3;2*1-2/h3-10H,1-2H3;1-7H,14-15H2;1H2,2-3H3;2*1-2H3. The maximum Gasteiger partial charge on any atom is 0.0730 e. The summed E-state index contributed by atoms with van der Waals surface area (Å²) in [6.07, 6.45) is 0. The summed E-state index contributed by atoms with van der Waals surface area (Å²) in [6.45, 7) is 19.7. The Bertz CT molecular complexity index is 1300. The van der Waals surface area contributed by atoms with Gasteiger partial charge in [-0.2, -0.15) is 0 Å². The first-order chi connectivity index (χ1) is 18.2. The summed E-state index contributed by atoms with van der Waals surface area (Å²) in [4.78, 5) is 4.54. The van der Waals surface area contributed by atoms with Crippen LogP contribution in [0.4, 0.5) is 11.4 Å². The molecule has 0 spiro atoms. The lowest BCUT2D eigenvalue weighted by molar-refractivity contribution is 1.42. The Kier molecular flexibility index (Phi) is 13.9. The molecule has 3 nitrogen and oxygen atoms in total. The van der Waals surface area contributed by atoms with E-state index in [-0.39, 0.29) is 0 Å². The molecule has 0 unspecified atom stereocenters. The monoisotopic (exact) mass is 507 g/mol. The number of hydrogen-bond acceptors (Lipinski definition) is 3. The molecule has 0 fully saturated rings. The van der Waals surface area contributed by atoms with Gasteiger partial charge in [-0.1, -0.05) is 105 Å². The van der Waals surface area contributed by atoms with Crippen molar-refractivity contribution in [3.63, 3.8) is 0 Å². The Morgan fingerprint density at radius 3 is 1.18 bits per heavy atom. The molecule has 3 heteroatoms. The molecule has 0 amide bonds. The molecule has 1 aromatic heterocycles. The normalized spacial score (nSPS) is 9.37. The van der Waals surface area contributed by atoms with Gasteiger partial charge in [-0.25, -0.2) is 4.98 Å². The van der Waals surface area contributed by atoms with Crippen molar-refractivity contribution in [2.24, 2.45) is 0 Å². The van der Waals surface area contributed by atoms with E-state index in [0.29, 0.717) is 0 Å². The highest BCUT2D eigenvalue weighted by Crippen LogP contribution is 2.23. The molecule has 5 rings (SSSR count). The predicted octanol–water partition coefficient (Wildman–Crippen LogP) is 10.2. The molecule has 0 atom stereocenters. The summed E-state index contributed by atoms with van der Waals surface area (Å²) in [7, 11) is 0. The Hall–Kier alpha value is -4.11. The Balaban J connectivity index is 0.000000302. The van der Waals surface area contributed by atoms with Crippen LogP contribution < -0.4 is 11.5 Å². The van der Waals surface area contributed by atoms with Crippen LogP contribution in [-0.4, -0.2) is 4.98 Å². The highest BCUT2D eigenvalue weighted by Gasteiger charge is 2.00. The molecule has 200 valence electrons.